The number of nitrogens with one attached hydrogen (secondary N) is 1. The number of carbonyl (C=O) groups excluding carboxylic acids is 2. The normalized spacial score (nSPS) is 11.3. The summed E-state index contributed by atoms with van der Waals surface area (Å²) in [6.07, 6.45) is -0.884. The van der Waals surface area contributed by atoms with Gasteiger partial charge in [-0.15, -0.1) is 0 Å². The second-order valence-electron chi connectivity index (χ2n) is 5.44. The molecule has 0 aliphatic heterocycles. The highest BCUT2D eigenvalue weighted by molar-refractivity contribution is 6.30. The summed E-state index contributed by atoms with van der Waals surface area (Å²) in [4.78, 5) is 24.1. The van der Waals surface area contributed by atoms with Gasteiger partial charge in [-0.1, -0.05) is 11.6 Å². The van der Waals surface area contributed by atoms with Crippen molar-refractivity contribution >= 4 is 29.2 Å². The maximum Gasteiger partial charge on any atom is 0.347 e. The summed E-state index contributed by atoms with van der Waals surface area (Å²) >= 11 is 5.79. The minimum absolute atomic E-state index is 0.406. The van der Waals surface area contributed by atoms with Gasteiger partial charge in [0.25, 0.3) is 5.91 Å². The summed E-state index contributed by atoms with van der Waals surface area (Å²) in [5.74, 6) is 0.281. The van der Waals surface area contributed by atoms with Crippen LogP contribution in [0.4, 0.5) is 5.69 Å². The molecule has 2 aromatic rings. The van der Waals surface area contributed by atoms with Gasteiger partial charge in [-0.3, -0.25) is 4.79 Å². The van der Waals surface area contributed by atoms with E-state index >= 15 is 0 Å². The highest BCUT2D eigenvalue weighted by Crippen LogP contribution is 2.28. The van der Waals surface area contributed by atoms with E-state index in [0.717, 1.165) is 0 Å². The van der Waals surface area contributed by atoms with Gasteiger partial charge in [-0.2, -0.15) is 0 Å². The van der Waals surface area contributed by atoms with Crippen molar-refractivity contribution in [3.05, 3.63) is 47.5 Å². The Morgan fingerprint density at radius 3 is 2.33 bits per heavy atom. The zero-order chi connectivity index (χ0) is 19.8. The molecule has 0 radical (unpaired) electrons. The summed E-state index contributed by atoms with van der Waals surface area (Å²) in [5.41, 5.74) is 0.406. The number of halogens is 1. The molecule has 7 nitrogen and oxygen atoms in total. The second-order valence-corrected chi connectivity index (χ2v) is 5.87. The molecule has 0 aromatic heterocycles. The second kappa shape index (κ2) is 9.68. The van der Waals surface area contributed by atoms with E-state index in [4.69, 9.17) is 30.5 Å². The van der Waals surface area contributed by atoms with Crippen molar-refractivity contribution in [2.45, 2.75) is 13.0 Å². The third-order valence-corrected chi connectivity index (χ3v) is 3.74. The molecule has 0 heterocycles. The Morgan fingerprint density at radius 1 is 1.04 bits per heavy atom. The number of anilines is 1. The topological polar surface area (TPSA) is 83.1 Å². The molecule has 27 heavy (non-hydrogen) atoms. The van der Waals surface area contributed by atoms with E-state index in [0.29, 0.717) is 28.0 Å². The lowest BCUT2D eigenvalue weighted by Crippen LogP contribution is -2.29. The molecule has 1 atom stereocenters. The predicted molar refractivity (Wildman–Crippen MR) is 101 cm³/mol. The first-order valence-corrected chi connectivity index (χ1v) is 8.41. The van der Waals surface area contributed by atoms with E-state index in [1.54, 1.807) is 42.5 Å². The van der Waals surface area contributed by atoms with Gasteiger partial charge >= 0.3 is 5.97 Å². The van der Waals surface area contributed by atoms with E-state index in [2.05, 4.69) is 5.32 Å². The molecule has 8 heteroatoms. The largest absolute Gasteiger partial charge is 0.497 e. The molecule has 0 saturated heterocycles. The first kappa shape index (κ1) is 20.4. The number of carbonyl (C=O) groups is 2. The van der Waals surface area contributed by atoms with E-state index in [-0.39, 0.29) is 0 Å². The van der Waals surface area contributed by atoms with Crippen molar-refractivity contribution in [2.24, 2.45) is 0 Å². The van der Waals surface area contributed by atoms with Crippen molar-refractivity contribution in [3.63, 3.8) is 0 Å². The Balaban J connectivity index is 1.87. The van der Waals surface area contributed by atoms with Gasteiger partial charge in [-0.25, -0.2) is 4.79 Å². The Bertz CT molecular complexity index is 793. The number of methoxy groups -OCH3 is 2. The smallest absolute Gasteiger partial charge is 0.347 e. The molecular formula is C19H20ClNO6. The Kier molecular flexibility index (Phi) is 7.31. The Hall–Kier alpha value is -2.93. The maximum absolute atomic E-state index is 12.1. The van der Waals surface area contributed by atoms with Crippen molar-refractivity contribution < 1.29 is 28.5 Å². The van der Waals surface area contributed by atoms with Gasteiger partial charge in [0.2, 0.25) is 0 Å². The lowest BCUT2D eigenvalue weighted by Gasteiger charge is -2.15. The van der Waals surface area contributed by atoms with Crippen LogP contribution >= 0.6 is 11.6 Å². The van der Waals surface area contributed by atoms with Crippen molar-refractivity contribution in [2.75, 3.05) is 26.1 Å². The van der Waals surface area contributed by atoms with Gasteiger partial charge in [-0.05, 0) is 43.3 Å². The van der Waals surface area contributed by atoms with Crippen LogP contribution in [0.1, 0.15) is 6.92 Å². The molecule has 0 fully saturated rings. The molecule has 0 spiro atoms. The van der Waals surface area contributed by atoms with Crippen LogP contribution in [0.2, 0.25) is 5.02 Å². The van der Waals surface area contributed by atoms with Crippen LogP contribution in [-0.4, -0.2) is 38.8 Å². The standard InChI is InChI=1S/C19H20ClNO6/c1-12(27-14-6-4-13(20)5-7-14)19(23)26-11-18(22)21-16-10-15(24-2)8-9-17(16)25-3/h4-10,12H,11H2,1-3H3,(H,21,22)/t12-/m1/s1. The number of benzene rings is 2. The zero-order valence-corrected chi connectivity index (χ0v) is 15.9. The quantitative estimate of drug-likeness (QED) is 0.693. The van der Waals surface area contributed by atoms with E-state index < -0.39 is 24.6 Å². The summed E-state index contributed by atoms with van der Waals surface area (Å²) in [7, 11) is 2.99. The zero-order valence-electron chi connectivity index (χ0n) is 15.2. The number of hydrogen-bond acceptors (Lipinski definition) is 6. The van der Waals surface area contributed by atoms with Gasteiger partial charge in [0, 0.05) is 11.1 Å². The lowest BCUT2D eigenvalue weighted by atomic mass is 10.2. The van der Waals surface area contributed by atoms with Gasteiger partial charge in [0.05, 0.1) is 19.9 Å². The summed E-state index contributed by atoms with van der Waals surface area (Å²) in [6, 6.07) is 11.5. The summed E-state index contributed by atoms with van der Waals surface area (Å²) < 4.78 is 20.7. The molecule has 0 aliphatic rings. The van der Waals surface area contributed by atoms with Crippen molar-refractivity contribution in [3.8, 4) is 17.2 Å². The van der Waals surface area contributed by atoms with E-state index in [9.17, 15) is 9.59 Å². The summed E-state index contributed by atoms with van der Waals surface area (Å²) in [6.45, 7) is 1.06. The number of hydrogen-bond donors (Lipinski definition) is 1. The predicted octanol–water partition coefficient (Wildman–Crippen LogP) is 3.31. The molecule has 0 unspecified atom stereocenters. The van der Waals surface area contributed by atoms with Gasteiger partial charge < -0.3 is 24.3 Å². The number of rotatable bonds is 8. The molecule has 0 aliphatic carbocycles. The van der Waals surface area contributed by atoms with Crippen LogP contribution in [0.25, 0.3) is 0 Å². The van der Waals surface area contributed by atoms with E-state index in [1.165, 1.54) is 21.1 Å². The van der Waals surface area contributed by atoms with Gasteiger partial charge in [0.1, 0.15) is 17.2 Å². The molecule has 1 N–H and O–H groups in total. The average molecular weight is 394 g/mol. The van der Waals surface area contributed by atoms with Crippen molar-refractivity contribution in [1.82, 2.24) is 0 Å². The SMILES string of the molecule is COc1ccc(OC)c(NC(=O)COC(=O)[C@@H](C)Oc2ccc(Cl)cc2)c1. The van der Waals surface area contributed by atoms with Gasteiger partial charge in [0.15, 0.2) is 12.7 Å². The minimum Gasteiger partial charge on any atom is -0.497 e. The first-order chi connectivity index (χ1) is 12.9. The number of ether oxygens (including phenoxy) is 4. The third kappa shape index (κ3) is 6.07. The Morgan fingerprint density at radius 2 is 1.70 bits per heavy atom. The van der Waals surface area contributed by atoms with E-state index in [1.807, 2.05) is 0 Å². The lowest BCUT2D eigenvalue weighted by molar-refractivity contribution is -0.153. The minimum atomic E-state index is -0.884. The summed E-state index contributed by atoms with van der Waals surface area (Å²) in [5, 5.41) is 3.17. The molecule has 0 bridgehead atoms. The number of amides is 1. The average Bonchev–Trinajstić information content (AvgIpc) is 2.67. The molecule has 1 amide bonds. The van der Waals surface area contributed by atoms with Crippen molar-refractivity contribution in [1.29, 1.82) is 0 Å². The number of esters is 1. The van der Waals surface area contributed by atoms with Crippen LogP contribution in [0.15, 0.2) is 42.5 Å². The fourth-order valence-corrected chi connectivity index (χ4v) is 2.24. The van der Waals surface area contributed by atoms with Crippen LogP contribution < -0.4 is 19.5 Å². The third-order valence-electron chi connectivity index (χ3n) is 3.48. The highest BCUT2D eigenvalue weighted by atomic mass is 35.5. The first-order valence-electron chi connectivity index (χ1n) is 8.03. The van der Waals surface area contributed by atoms with Crippen LogP contribution in [-0.2, 0) is 14.3 Å². The fraction of sp³-hybridized carbons (Fsp3) is 0.263. The van der Waals surface area contributed by atoms with Crippen LogP contribution in [0.5, 0.6) is 17.2 Å². The highest BCUT2D eigenvalue weighted by Gasteiger charge is 2.18. The van der Waals surface area contributed by atoms with Crippen LogP contribution in [0, 0.1) is 0 Å². The molecule has 144 valence electrons. The van der Waals surface area contributed by atoms with Crippen LogP contribution in [0.3, 0.4) is 0 Å². The molecule has 0 saturated carbocycles. The fourth-order valence-electron chi connectivity index (χ4n) is 2.12. The molecular weight excluding hydrogens is 374 g/mol. The maximum atomic E-state index is 12.1. The Labute approximate surface area is 162 Å². The molecule has 2 rings (SSSR count). The monoisotopic (exact) mass is 393 g/mol. The molecule has 2 aromatic carbocycles.